The Morgan fingerprint density at radius 3 is 2.96 bits per heavy atom. The number of aromatic amines is 1. The summed E-state index contributed by atoms with van der Waals surface area (Å²) in [4.78, 5) is 18.3. The zero-order valence-electron chi connectivity index (χ0n) is 13.9. The van der Waals surface area contributed by atoms with Crippen molar-refractivity contribution in [1.82, 2.24) is 40.2 Å². The molecule has 0 spiro atoms. The SMILES string of the molecule is Cc1nc(CNC(=O)N2CCC[C@H](c3nnc(CO)n3C)C2)n[nH]1. The highest BCUT2D eigenvalue weighted by molar-refractivity contribution is 5.74. The number of carbonyl (C=O) groups excluding carboxylic acids is 1. The molecule has 1 fully saturated rings. The fraction of sp³-hybridized carbons (Fsp3) is 0.643. The van der Waals surface area contributed by atoms with Crippen LogP contribution in [0.3, 0.4) is 0 Å². The Morgan fingerprint density at radius 2 is 2.29 bits per heavy atom. The predicted molar refractivity (Wildman–Crippen MR) is 83.8 cm³/mol. The van der Waals surface area contributed by atoms with Crippen molar-refractivity contribution >= 4 is 6.03 Å². The molecule has 3 heterocycles. The standard InChI is InChI=1S/C14H22N8O2/c1-9-16-11(18-17-9)6-15-14(24)22-5-3-4-10(7-22)13-20-19-12(8-23)21(13)2/h10,23H,3-8H2,1-2H3,(H,15,24)(H,16,17,18)/t10-/m0/s1. The van der Waals surface area contributed by atoms with E-state index in [-0.39, 0.29) is 18.6 Å². The van der Waals surface area contributed by atoms with Crippen molar-refractivity contribution in [2.24, 2.45) is 7.05 Å². The minimum Gasteiger partial charge on any atom is -0.388 e. The molecule has 0 aliphatic carbocycles. The first-order chi connectivity index (χ1) is 11.6. The second-order valence-corrected chi connectivity index (χ2v) is 5.97. The molecule has 2 aromatic heterocycles. The third-order valence-corrected chi connectivity index (χ3v) is 4.26. The number of rotatable bonds is 4. The summed E-state index contributed by atoms with van der Waals surface area (Å²) < 4.78 is 1.81. The molecule has 1 saturated heterocycles. The van der Waals surface area contributed by atoms with Crippen LogP contribution in [0.4, 0.5) is 4.79 Å². The lowest BCUT2D eigenvalue weighted by molar-refractivity contribution is 0.177. The maximum absolute atomic E-state index is 12.4. The van der Waals surface area contributed by atoms with Gasteiger partial charge in [0.15, 0.2) is 11.6 Å². The average Bonchev–Trinajstić information content (AvgIpc) is 3.18. The van der Waals surface area contributed by atoms with E-state index >= 15 is 0 Å². The van der Waals surface area contributed by atoms with Crippen molar-refractivity contribution in [2.75, 3.05) is 13.1 Å². The van der Waals surface area contributed by atoms with Gasteiger partial charge in [-0.05, 0) is 19.8 Å². The second-order valence-electron chi connectivity index (χ2n) is 5.97. The van der Waals surface area contributed by atoms with E-state index in [2.05, 4.69) is 30.7 Å². The molecule has 0 bridgehead atoms. The summed E-state index contributed by atoms with van der Waals surface area (Å²) in [6.07, 6.45) is 1.85. The highest BCUT2D eigenvalue weighted by Gasteiger charge is 2.28. The Kier molecular flexibility index (Phi) is 4.74. The summed E-state index contributed by atoms with van der Waals surface area (Å²) in [6.45, 7) is 3.25. The molecule has 1 aliphatic heterocycles. The van der Waals surface area contributed by atoms with Gasteiger partial charge < -0.3 is 19.9 Å². The second kappa shape index (κ2) is 6.95. The van der Waals surface area contributed by atoms with E-state index in [1.165, 1.54) is 0 Å². The van der Waals surface area contributed by atoms with Gasteiger partial charge >= 0.3 is 6.03 Å². The van der Waals surface area contributed by atoms with Crippen molar-refractivity contribution in [3.05, 3.63) is 23.3 Å². The molecule has 24 heavy (non-hydrogen) atoms. The van der Waals surface area contributed by atoms with Gasteiger partial charge in [-0.3, -0.25) is 5.10 Å². The predicted octanol–water partition coefficient (Wildman–Crippen LogP) is -0.177. The number of carbonyl (C=O) groups is 1. The number of likely N-dealkylation sites (tertiary alicyclic amines) is 1. The van der Waals surface area contributed by atoms with Crippen molar-refractivity contribution in [2.45, 2.75) is 38.8 Å². The summed E-state index contributed by atoms with van der Waals surface area (Å²) in [5, 5.41) is 27.0. The number of aryl methyl sites for hydroxylation is 1. The summed E-state index contributed by atoms with van der Waals surface area (Å²) >= 11 is 0. The van der Waals surface area contributed by atoms with Crippen molar-refractivity contribution in [1.29, 1.82) is 0 Å². The van der Waals surface area contributed by atoms with Gasteiger partial charge in [0.25, 0.3) is 0 Å². The fourth-order valence-electron chi connectivity index (χ4n) is 2.98. The first-order valence-corrected chi connectivity index (χ1v) is 7.98. The highest BCUT2D eigenvalue weighted by Crippen LogP contribution is 2.25. The molecule has 0 saturated carbocycles. The minimum absolute atomic E-state index is 0.119. The monoisotopic (exact) mass is 334 g/mol. The van der Waals surface area contributed by atoms with Gasteiger partial charge in [-0.15, -0.1) is 10.2 Å². The van der Waals surface area contributed by atoms with Crippen molar-refractivity contribution < 1.29 is 9.90 Å². The van der Waals surface area contributed by atoms with E-state index in [9.17, 15) is 9.90 Å². The van der Waals surface area contributed by atoms with Gasteiger partial charge in [0.2, 0.25) is 0 Å². The fourth-order valence-corrected chi connectivity index (χ4v) is 2.98. The van der Waals surface area contributed by atoms with Gasteiger partial charge in [-0.1, -0.05) is 0 Å². The molecule has 1 atom stereocenters. The Balaban J connectivity index is 1.60. The number of hydrogen-bond donors (Lipinski definition) is 3. The van der Waals surface area contributed by atoms with Crippen LogP contribution < -0.4 is 5.32 Å². The first-order valence-electron chi connectivity index (χ1n) is 7.98. The Labute approximate surface area is 139 Å². The lowest BCUT2D eigenvalue weighted by Crippen LogP contribution is -2.45. The van der Waals surface area contributed by atoms with E-state index in [1.807, 2.05) is 18.5 Å². The largest absolute Gasteiger partial charge is 0.388 e. The molecule has 130 valence electrons. The number of urea groups is 1. The molecule has 10 heteroatoms. The van der Waals surface area contributed by atoms with E-state index < -0.39 is 0 Å². The van der Waals surface area contributed by atoms with Gasteiger partial charge in [0, 0.05) is 26.1 Å². The van der Waals surface area contributed by atoms with Crippen LogP contribution in [0.15, 0.2) is 0 Å². The van der Waals surface area contributed by atoms with Gasteiger partial charge in [0.1, 0.15) is 18.3 Å². The molecule has 2 amide bonds. The summed E-state index contributed by atoms with van der Waals surface area (Å²) in [6, 6.07) is -0.133. The maximum atomic E-state index is 12.4. The average molecular weight is 334 g/mol. The number of amides is 2. The van der Waals surface area contributed by atoms with Gasteiger partial charge in [0.05, 0.1) is 6.54 Å². The number of aliphatic hydroxyl groups excluding tert-OH is 1. The van der Waals surface area contributed by atoms with E-state index in [0.717, 1.165) is 24.5 Å². The number of aromatic nitrogens is 6. The Bertz CT molecular complexity index is 709. The zero-order valence-corrected chi connectivity index (χ0v) is 13.9. The maximum Gasteiger partial charge on any atom is 0.317 e. The number of nitrogens with zero attached hydrogens (tertiary/aromatic N) is 6. The minimum atomic E-state index is -0.142. The number of nitrogens with one attached hydrogen (secondary N) is 2. The molecule has 10 nitrogen and oxygen atoms in total. The van der Waals surface area contributed by atoms with Crippen LogP contribution in [0, 0.1) is 6.92 Å². The van der Waals surface area contributed by atoms with Crippen molar-refractivity contribution in [3.8, 4) is 0 Å². The molecular weight excluding hydrogens is 312 g/mol. The molecule has 3 N–H and O–H groups in total. The Morgan fingerprint density at radius 1 is 1.46 bits per heavy atom. The van der Waals surface area contributed by atoms with E-state index in [1.54, 1.807) is 4.90 Å². The molecule has 0 aromatic carbocycles. The summed E-state index contributed by atoms with van der Waals surface area (Å²) in [7, 11) is 1.84. The lowest BCUT2D eigenvalue weighted by atomic mass is 9.97. The summed E-state index contributed by atoms with van der Waals surface area (Å²) in [5.41, 5.74) is 0. The number of aliphatic hydroxyl groups is 1. The molecular formula is C14H22N8O2. The van der Waals surface area contributed by atoms with Crippen LogP contribution in [0.1, 0.15) is 42.1 Å². The number of H-pyrrole nitrogens is 1. The van der Waals surface area contributed by atoms with Crippen LogP contribution in [-0.2, 0) is 20.2 Å². The van der Waals surface area contributed by atoms with Gasteiger partial charge in [-0.25, -0.2) is 9.78 Å². The summed E-state index contributed by atoms with van der Waals surface area (Å²) in [5.74, 6) is 2.75. The molecule has 1 aliphatic rings. The molecule has 2 aromatic rings. The Hall–Kier alpha value is -2.49. The quantitative estimate of drug-likeness (QED) is 0.712. The van der Waals surface area contributed by atoms with Gasteiger partial charge in [-0.2, -0.15) is 5.10 Å². The normalized spacial score (nSPS) is 18.0. The zero-order chi connectivity index (χ0) is 17.1. The van der Waals surface area contributed by atoms with Crippen LogP contribution in [-0.4, -0.2) is 59.1 Å². The molecule has 3 rings (SSSR count). The number of piperidine rings is 1. The molecule has 0 radical (unpaired) electrons. The van der Waals surface area contributed by atoms with Crippen LogP contribution in [0.25, 0.3) is 0 Å². The molecule has 0 unspecified atom stereocenters. The van der Waals surface area contributed by atoms with E-state index in [4.69, 9.17) is 0 Å². The third kappa shape index (κ3) is 3.37. The third-order valence-electron chi connectivity index (χ3n) is 4.26. The first kappa shape index (κ1) is 16.4. The van der Waals surface area contributed by atoms with Crippen molar-refractivity contribution in [3.63, 3.8) is 0 Å². The lowest BCUT2D eigenvalue weighted by Gasteiger charge is -2.32. The smallest absolute Gasteiger partial charge is 0.317 e. The van der Waals surface area contributed by atoms with Crippen LogP contribution in [0.5, 0.6) is 0 Å². The topological polar surface area (TPSA) is 125 Å². The van der Waals surface area contributed by atoms with Crippen LogP contribution in [0.2, 0.25) is 0 Å². The highest BCUT2D eigenvalue weighted by atomic mass is 16.3. The van der Waals surface area contributed by atoms with Crippen LogP contribution >= 0.6 is 0 Å². The van der Waals surface area contributed by atoms with E-state index in [0.29, 0.717) is 31.3 Å². The number of hydrogen-bond acceptors (Lipinski definition) is 6.